The molecule has 0 atom stereocenters. The number of aromatic amines is 1. The van der Waals surface area contributed by atoms with Crippen molar-refractivity contribution in [2.45, 2.75) is 19.3 Å². The summed E-state index contributed by atoms with van der Waals surface area (Å²) >= 11 is 0. The number of hydrogen-bond acceptors (Lipinski definition) is 6. The average Bonchev–Trinajstić information content (AvgIpc) is 2.81. The molecule has 12 heteroatoms. The summed E-state index contributed by atoms with van der Waals surface area (Å²) in [6.07, 6.45) is -3.00. The zero-order valence-corrected chi connectivity index (χ0v) is 18.4. The van der Waals surface area contributed by atoms with E-state index in [9.17, 15) is 27.6 Å². The van der Waals surface area contributed by atoms with Gasteiger partial charge in [-0.2, -0.15) is 13.2 Å². The lowest BCUT2D eigenvalue weighted by Crippen LogP contribution is -2.46. The van der Waals surface area contributed by atoms with Gasteiger partial charge >= 0.3 is 11.9 Å². The highest BCUT2D eigenvalue weighted by Gasteiger charge is 2.30. The molecule has 1 saturated heterocycles. The van der Waals surface area contributed by atoms with E-state index in [2.05, 4.69) is 25.1 Å². The Morgan fingerprint density at radius 1 is 1.12 bits per heavy atom. The molecule has 180 valence electrons. The lowest BCUT2D eigenvalue weighted by molar-refractivity contribution is -0.141. The van der Waals surface area contributed by atoms with Crippen LogP contribution in [0.15, 0.2) is 46.1 Å². The van der Waals surface area contributed by atoms with Gasteiger partial charge in [0.1, 0.15) is 12.2 Å². The van der Waals surface area contributed by atoms with E-state index in [4.69, 9.17) is 0 Å². The summed E-state index contributed by atoms with van der Waals surface area (Å²) in [6, 6.07) is 8.31. The number of anilines is 1. The van der Waals surface area contributed by atoms with E-state index in [1.54, 1.807) is 31.4 Å². The van der Waals surface area contributed by atoms with Crippen molar-refractivity contribution >= 4 is 22.5 Å². The predicted molar refractivity (Wildman–Crippen MR) is 120 cm³/mol. The lowest BCUT2D eigenvalue weighted by Gasteiger charge is -2.36. The molecule has 4 rings (SSSR count). The number of amides is 1. The number of nitrogens with one attached hydrogen (secondary N) is 2. The van der Waals surface area contributed by atoms with E-state index in [1.807, 2.05) is 6.07 Å². The maximum atomic E-state index is 12.7. The van der Waals surface area contributed by atoms with E-state index >= 15 is 0 Å². The molecule has 2 N–H and O–H groups in total. The van der Waals surface area contributed by atoms with Crippen molar-refractivity contribution in [3.05, 3.63) is 68.6 Å². The molecule has 0 aliphatic carbocycles. The van der Waals surface area contributed by atoms with Gasteiger partial charge in [-0.1, -0.05) is 6.07 Å². The molecule has 0 bridgehead atoms. The van der Waals surface area contributed by atoms with Crippen LogP contribution in [0.5, 0.6) is 0 Å². The second-order valence-electron chi connectivity index (χ2n) is 8.06. The molecule has 9 nitrogen and oxygen atoms in total. The van der Waals surface area contributed by atoms with Gasteiger partial charge in [0.25, 0.3) is 11.5 Å². The molecule has 34 heavy (non-hydrogen) atoms. The second kappa shape index (κ2) is 9.29. The standard InChI is InChI=1S/C22H23F3N6O3/c1-26-19(32)17-5-3-15(11-27-17)30-8-6-29(7-9-30)12-14-2-4-16-18(10-14)28-21(34)31(20(16)33)13-22(23,24)25/h2-5,10-11H,6-9,12-13H2,1H3,(H,26,32)(H,28,34). The van der Waals surface area contributed by atoms with Gasteiger partial charge in [0.05, 0.1) is 22.8 Å². The quantitative estimate of drug-likeness (QED) is 0.576. The van der Waals surface area contributed by atoms with Crippen molar-refractivity contribution < 1.29 is 18.0 Å². The summed E-state index contributed by atoms with van der Waals surface area (Å²) in [5, 5.41) is 2.57. The topological polar surface area (TPSA) is 103 Å². The molecule has 1 aromatic carbocycles. The first kappa shape index (κ1) is 23.5. The molecular weight excluding hydrogens is 453 g/mol. The molecule has 0 saturated carbocycles. The minimum atomic E-state index is -4.67. The van der Waals surface area contributed by atoms with Crippen molar-refractivity contribution in [1.82, 2.24) is 24.8 Å². The van der Waals surface area contributed by atoms with Gasteiger partial charge in [-0.25, -0.2) is 9.78 Å². The molecule has 1 fully saturated rings. The number of halogens is 3. The van der Waals surface area contributed by atoms with Crippen molar-refractivity contribution in [2.75, 3.05) is 38.1 Å². The summed E-state index contributed by atoms with van der Waals surface area (Å²) in [5.74, 6) is -0.243. The van der Waals surface area contributed by atoms with Crippen molar-refractivity contribution in [2.24, 2.45) is 0 Å². The first-order valence-electron chi connectivity index (χ1n) is 10.6. The van der Waals surface area contributed by atoms with Gasteiger partial charge in [0.15, 0.2) is 0 Å². The van der Waals surface area contributed by atoms with Crippen molar-refractivity contribution in [3.63, 3.8) is 0 Å². The monoisotopic (exact) mass is 476 g/mol. The Morgan fingerprint density at radius 3 is 2.47 bits per heavy atom. The first-order chi connectivity index (χ1) is 16.1. The number of aromatic nitrogens is 3. The van der Waals surface area contributed by atoms with Crippen LogP contribution in [0, 0.1) is 0 Å². The van der Waals surface area contributed by atoms with Gasteiger partial charge < -0.3 is 15.2 Å². The second-order valence-corrected chi connectivity index (χ2v) is 8.06. The molecule has 2 aromatic heterocycles. The number of H-pyrrole nitrogens is 1. The molecule has 3 aromatic rings. The van der Waals surface area contributed by atoms with Gasteiger partial charge in [-0.05, 0) is 29.8 Å². The maximum absolute atomic E-state index is 12.7. The minimum Gasteiger partial charge on any atom is -0.368 e. The van der Waals surface area contributed by atoms with Gasteiger partial charge in [-0.15, -0.1) is 0 Å². The van der Waals surface area contributed by atoms with Crippen LogP contribution in [0.3, 0.4) is 0 Å². The molecule has 1 aliphatic rings. The Balaban J connectivity index is 1.43. The third kappa shape index (κ3) is 5.11. The normalized spacial score (nSPS) is 15.0. The number of benzene rings is 1. The summed E-state index contributed by atoms with van der Waals surface area (Å²) in [5.41, 5.74) is 0.270. The number of rotatable bonds is 5. The van der Waals surface area contributed by atoms with Crippen LogP contribution in [-0.4, -0.2) is 64.7 Å². The molecule has 0 radical (unpaired) electrons. The van der Waals surface area contributed by atoms with Crippen LogP contribution in [0.4, 0.5) is 18.9 Å². The Bertz CT molecular complexity index is 1310. The number of pyridine rings is 1. The minimum absolute atomic E-state index is 0.0325. The summed E-state index contributed by atoms with van der Waals surface area (Å²) in [6.45, 7) is 1.91. The SMILES string of the molecule is CNC(=O)c1ccc(N2CCN(Cc3ccc4c(=O)n(CC(F)(F)F)c(=O)[nH]c4c3)CC2)cn1. The van der Waals surface area contributed by atoms with E-state index in [0.717, 1.165) is 37.4 Å². The number of piperazine rings is 1. The first-order valence-corrected chi connectivity index (χ1v) is 10.6. The Kier molecular flexibility index (Phi) is 6.42. The van der Waals surface area contributed by atoms with Crippen LogP contribution < -0.4 is 21.5 Å². The molecule has 1 amide bonds. The van der Waals surface area contributed by atoms with Crippen LogP contribution in [0.25, 0.3) is 10.9 Å². The lowest BCUT2D eigenvalue weighted by atomic mass is 10.1. The smallest absolute Gasteiger partial charge is 0.368 e. The third-order valence-electron chi connectivity index (χ3n) is 5.73. The number of hydrogen-bond donors (Lipinski definition) is 2. The van der Waals surface area contributed by atoms with E-state index in [1.165, 1.54) is 6.07 Å². The molecular formula is C22H23F3N6O3. The Labute approximate surface area is 191 Å². The predicted octanol–water partition coefficient (Wildman–Crippen LogP) is 1.33. The van der Waals surface area contributed by atoms with Crippen LogP contribution in [0.2, 0.25) is 0 Å². The van der Waals surface area contributed by atoms with Gasteiger partial charge in [0, 0.05) is 39.8 Å². The molecule has 1 aliphatic heterocycles. The largest absolute Gasteiger partial charge is 0.406 e. The van der Waals surface area contributed by atoms with Crippen LogP contribution in [-0.2, 0) is 13.1 Å². The van der Waals surface area contributed by atoms with Crippen LogP contribution in [0.1, 0.15) is 16.1 Å². The fourth-order valence-electron chi connectivity index (χ4n) is 3.98. The summed E-state index contributed by atoms with van der Waals surface area (Å²) < 4.78 is 38.2. The van der Waals surface area contributed by atoms with E-state index in [0.29, 0.717) is 12.2 Å². The van der Waals surface area contributed by atoms with Crippen molar-refractivity contribution in [3.8, 4) is 0 Å². The third-order valence-corrected chi connectivity index (χ3v) is 5.73. The summed E-state index contributed by atoms with van der Waals surface area (Å²) in [7, 11) is 1.55. The fraction of sp³-hybridized carbons (Fsp3) is 0.364. The Morgan fingerprint density at radius 2 is 1.85 bits per heavy atom. The number of carbonyl (C=O) groups is 1. The number of nitrogens with zero attached hydrogens (tertiary/aromatic N) is 4. The molecule has 0 unspecified atom stereocenters. The number of alkyl halides is 3. The number of carbonyl (C=O) groups excluding carboxylic acids is 1. The van der Waals surface area contributed by atoms with E-state index in [-0.39, 0.29) is 21.4 Å². The summed E-state index contributed by atoms with van der Waals surface area (Å²) in [4.78, 5) is 47.0. The highest BCUT2D eigenvalue weighted by Crippen LogP contribution is 2.19. The molecule has 0 spiro atoms. The highest BCUT2D eigenvalue weighted by atomic mass is 19.4. The average molecular weight is 476 g/mol. The zero-order chi connectivity index (χ0) is 24.5. The number of fused-ring (bicyclic) bond motifs is 1. The van der Waals surface area contributed by atoms with Gasteiger partial charge in [-0.3, -0.25) is 19.1 Å². The fourth-order valence-corrected chi connectivity index (χ4v) is 3.98. The maximum Gasteiger partial charge on any atom is 0.406 e. The Hall–Kier alpha value is -3.67. The zero-order valence-electron chi connectivity index (χ0n) is 18.4. The molecule has 3 heterocycles. The van der Waals surface area contributed by atoms with Crippen molar-refractivity contribution in [1.29, 1.82) is 0 Å². The van der Waals surface area contributed by atoms with Crippen LogP contribution >= 0.6 is 0 Å². The van der Waals surface area contributed by atoms with E-state index < -0.39 is 24.0 Å². The van der Waals surface area contributed by atoms with Gasteiger partial charge in [0.2, 0.25) is 0 Å². The highest BCUT2D eigenvalue weighted by molar-refractivity contribution is 5.92.